The molecule has 0 bridgehead atoms. The third-order valence-electron chi connectivity index (χ3n) is 6.57. The third kappa shape index (κ3) is 5.24. The van der Waals surface area contributed by atoms with Crippen LogP contribution in [-0.4, -0.2) is 68.7 Å². The molecule has 9 nitrogen and oxygen atoms in total. The summed E-state index contributed by atoms with van der Waals surface area (Å²) in [5, 5.41) is 5.16. The van der Waals surface area contributed by atoms with Gasteiger partial charge in [-0.05, 0) is 25.5 Å². The molecule has 204 valence electrons. The molecule has 0 spiro atoms. The van der Waals surface area contributed by atoms with Crippen LogP contribution in [0.15, 0.2) is 40.8 Å². The van der Waals surface area contributed by atoms with Crippen LogP contribution in [-0.2, 0) is 17.2 Å². The van der Waals surface area contributed by atoms with Crippen LogP contribution >= 0.6 is 11.6 Å². The molecule has 0 saturated carbocycles. The number of amides is 1. The van der Waals surface area contributed by atoms with Gasteiger partial charge >= 0.3 is 6.18 Å². The molecule has 0 aliphatic carbocycles. The van der Waals surface area contributed by atoms with Crippen LogP contribution in [0.4, 0.5) is 23.2 Å². The predicted molar refractivity (Wildman–Crippen MR) is 136 cm³/mol. The Kier molecular flexibility index (Phi) is 7.77. The maximum atomic E-state index is 14.5. The van der Waals surface area contributed by atoms with Crippen LogP contribution in [0.5, 0.6) is 0 Å². The number of alkyl halides is 3. The highest BCUT2D eigenvalue weighted by atomic mass is 35.5. The molecule has 1 amide bonds. The number of aromatic nitrogens is 2. The number of hydrogen-bond acceptors (Lipinski definition) is 7. The molecular weight excluding hydrogens is 550 g/mol. The number of benzene rings is 1. The minimum absolute atomic E-state index is 0.0354. The molecule has 2 aliphatic rings. The molecule has 2 aromatic rings. The van der Waals surface area contributed by atoms with Crippen LogP contribution in [0.3, 0.4) is 0 Å². The molecule has 3 heterocycles. The van der Waals surface area contributed by atoms with Gasteiger partial charge in [0, 0.05) is 38.0 Å². The maximum absolute atomic E-state index is 14.5. The summed E-state index contributed by atoms with van der Waals surface area (Å²) in [4.78, 5) is 28.0. The SMILES string of the molecule is CN=C(C1=C(N)C(C)N(C(=O)c2cc(F)cc(N3CC(S(N)=O)C3)c2Cl)CC1)c1cncc(C(F)(F)F)n1. The third-order valence-corrected chi connectivity index (χ3v) is 7.92. The lowest BCUT2D eigenvalue weighted by molar-refractivity contribution is -0.141. The Morgan fingerprint density at radius 2 is 1.95 bits per heavy atom. The first-order valence-corrected chi connectivity index (χ1v) is 13.0. The fourth-order valence-corrected chi connectivity index (χ4v) is 5.40. The van der Waals surface area contributed by atoms with Crippen LogP contribution in [0.2, 0.25) is 5.02 Å². The zero-order valence-corrected chi connectivity index (χ0v) is 21.9. The Bertz CT molecular complexity index is 1360. The van der Waals surface area contributed by atoms with Crippen molar-refractivity contribution in [1.82, 2.24) is 14.9 Å². The van der Waals surface area contributed by atoms with Crippen molar-refractivity contribution in [3.63, 3.8) is 0 Å². The summed E-state index contributed by atoms with van der Waals surface area (Å²) in [5.41, 5.74) is 6.08. The molecule has 4 N–H and O–H groups in total. The fourth-order valence-electron chi connectivity index (χ4n) is 4.44. The molecule has 4 rings (SSSR count). The van der Waals surface area contributed by atoms with Crippen molar-refractivity contribution in [1.29, 1.82) is 0 Å². The Labute approximate surface area is 223 Å². The molecule has 1 saturated heterocycles. The summed E-state index contributed by atoms with van der Waals surface area (Å²) in [6, 6.07) is 1.52. The summed E-state index contributed by atoms with van der Waals surface area (Å²) in [6.45, 7) is 2.36. The summed E-state index contributed by atoms with van der Waals surface area (Å²) in [6.07, 6.45) is -2.76. The Morgan fingerprint density at radius 3 is 2.55 bits per heavy atom. The highest BCUT2D eigenvalue weighted by Crippen LogP contribution is 2.36. The number of rotatable bonds is 5. The molecule has 38 heavy (non-hydrogen) atoms. The van der Waals surface area contributed by atoms with E-state index in [9.17, 15) is 26.6 Å². The topological polar surface area (TPSA) is 131 Å². The van der Waals surface area contributed by atoms with E-state index in [2.05, 4.69) is 15.0 Å². The van der Waals surface area contributed by atoms with Crippen molar-refractivity contribution in [2.24, 2.45) is 15.9 Å². The average molecular weight is 574 g/mol. The smallest absolute Gasteiger partial charge is 0.400 e. The first-order chi connectivity index (χ1) is 17.8. The number of nitrogens with zero attached hydrogens (tertiary/aromatic N) is 5. The normalized spacial score (nSPS) is 20.0. The van der Waals surface area contributed by atoms with Crippen molar-refractivity contribution in [3.8, 4) is 0 Å². The van der Waals surface area contributed by atoms with E-state index >= 15 is 0 Å². The van der Waals surface area contributed by atoms with Crippen LogP contribution in [0.25, 0.3) is 0 Å². The molecule has 2 unspecified atom stereocenters. The molecule has 2 atom stereocenters. The average Bonchev–Trinajstić information content (AvgIpc) is 2.82. The lowest BCUT2D eigenvalue weighted by Gasteiger charge is -2.40. The van der Waals surface area contributed by atoms with E-state index in [1.165, 1.54) is 18.0 Å². The Morgan fingerprint density at radius 1 is 1.26 bits per heavy atom. The number of halogens is 5. The number of hydrogen-bond donors (Lipinski definition) is 2. The highest BCUT2D eigenvalue weighted by Gasteiger charge is 2.37. The first kappa shape index (κ1) is 27.9. The van der Waals surface area contributed by atoms with Crippen molar-refractivity contribution in [2.45, 2.75) is 30.8 Å². The summed E-state index contributed by atoms with van der Waals surface area (Å²) >= 11 is 6.51. The first-order valence-electron chi connectivity index (χ1n) is 11.4. The molecule has 15 heteroatoms. The molecule has 0 radical (unpaired) electrons. The van der Waals surface area contributed by atoms with E-state index in [0.29, 0.717) is 24.9 Å². The van der Waals surface area contributed by atoms with Gasteiger partial charge in [-0.1, -0.05) is 11.6 Å². The van der Waals surface area contributed by atoms with Gasteiger partial charge in [0.05, 0.1) is 56.7 Å². The van der Waals surface area contributed by atoms with Gasteiger partial charge in [0.1, 0.15) is 11.5 Å². The second-order valence-corrected chi connectivity index (χ2v) is 10.6. The number of aliphatic imine (C=N–C) groups is 1. The number of carbonyl (C=O) groups is 1. The van der Waals surface area contributed by atoms with Gasteiger partial charge < -0.3 is 15.5 Å². The minimum Gasteiger partial charge on any atom is -0.400 e. The van der Waals surface area contributed by atoms with Crippen LogP contribution < -0.4 is 15.8 Å². The van der Waals surface area contributed by atoms with Gasteiger partial charge in [-0.3, -0.25) is 19.9 Å². The fraction of sp³-hybridized carbons (Fsp3) is 0.391. The predicted octanol–water partition coefficient (Wildman–Crippen LogP) is 2.67. The molecule has 1 aromatic heterocycles. The molecule has 2 aliphatic heterocycles. The zero-order valence-electron chi connectivity index (χ0n) is 20.3. The van der Waals surface area contributed by atoms with E-state index in [0.717, 1.165) is 12.3 Å². The minimum atomic E-state index is -4.69. The van der Waals surface area contributed by atoms with Gasteiger partial charge in [0.2, 0.25) is 0 Å². The zero-order chi connectivity index (χ0) is 27.9. The van der Waals surface area contributed by atoms with Gasteiger partial charge in [-0.25, -0.2) is 13.6 Å². The summed E-state index contributed by atoms with van der Waals surface area (Å²) < 4.78 is 65.4. The van der Waals surface area contributed by atoms with E-state index in [1.807, 2.05) is 0 Å². The van der Waals surface area contributed by atoms with Crippen molar-refractivity contribution in [2.75, 3.05) is 31.6 Å². The number of anilines is 1. The Hall–Kier alpha value is -3.10. The van der Waals surface area contributed by atoms with Crippen molar-refractivity contribution < 1.29 is 26.6 Å². The highest BCUT2D eigenvalue weighted by molar-refractivity contribution is 7.83. The van der Waals surface area contributed by atoms with Gasteiger partial charge in [-0.15, -0.1) is 0 Å². The van der Waals surface area contributed by atoms with Gasteiger partial charge in [0.25, 0.3) is 5.91 Å². The van der Waals surface area contributed by atoms with Gasteiger partial charge in [-0.2, -0.15) is 13.2 Å². The molecular formula is C23H24ClF4N7O2S. The maximum Gasteiger partial charge on any atom is 0.434 e. The van der Waals surface area contributed by atoms with Gasteiger partial charge in [0.15, 0.2) is 5.69 Å². The largest absolute Gasteiger partial charge is 0.434 e. The molecule has 1 fully saturated rings. The monoisotopic (exact) mass is 573 g/mol. The number of nitrogens with two attached hydrogens (primary N) is 2. The number of carbonyl (C=O) groups excluding carboxylic acids is 1. The van der Waals surface area contributed by atoms with E-state index in [4.69, 9.17) is 22.5 Å². The quantitative estimate of drug-likeness (QED) is 0.418. The van der Waals surface area contributed by atoms with E-state index in [1.54, 1.807) is 11.8 Å². The Balaban J connectivity index is 1.61. The van der Waals surface area contributed by atoms with E-state index in [-0.39, 0.29) is 51.6 Å². The second kappa shape index (κ2) is 10.6. The lowest BCUT2D eigenvalue weighted by atomic mass is 9.93. The second-order valence-electron chi connectivity index (χ2n) is 8.86. The molecule has 1 aromatic carbocycles. The summed E-state index contributed by atoms with van der Waals surface area (Å²) in [7, 11) is -0.134. The lowest BCUT2D eigenvalue weighted by Crippen LogP contribution is -2.54. The van der Waals surface area contributed by atoms with Crippen molar-refractivity contribution >= 4 is 39.9 Å². The van der Waals surface area contributed by atoms with Crippen LogP contribution in [0, 0.1) is 5.82 Å². The van der Waals surface area contributed by atoms with E-state index < -0.39 is 40.6 Å². The van der Waals surface area contributed by atoms with Crippen molar-refractivity contribution in [3.05, 3.63) is 63.6 Å². The summed E-state index contributed by atoms with van der Waals surface area (Å²) in [5.74, 6) is -1.25. The van der Waals surface area contributed by atoms with Crippen LogP contribution in [0.1, 0.15) is 35.1 Å². The standard InChI is InChI=1S/C23H24ClF4N7O2S/c1-11-20(29)14(21(31-2)16-7-32-8-18(33-16)23(26,27)28)3-4-35(11)22(36)15-5-12(25)6-17(19(15)24)34-9-13(10-34)38(30)37/h5-8,11,13H,3-4,9-10,29-30H2,1-2H3.